The monoisotopic (exact) mass is 355 g/mol. The van der Waals surface area contributed by atoms with Gasteiger partial charge in [0.25, 0.3) is 10.2 Å². The Bertz CT molecular complexity index is 668. The zero-order chi connectivity index (χ0) is 17.2. The molecule has 9 nitrogen and oxygen atoms in total. The summed E-state index contributed by atoms with van der Waals surface area (Å²) < 4.78 is 28.3. The highest BCUT2D eigenvalue weighted by molar-refractivity contribution is 7.86. The van der Waals surface area contributed by atoms with Gasteiger partial charge in [0.05, 0.1) is 5.92 Å². The first-order valence-electron chi connectivity index (χ1n) is 7.98. The maximum atomic E-state index is 12.7. The van der Waals surface area contributed by atoms with Crippen molar-refractivity contribution in [2.75, 3.05) is 44.2 Å². The minimum atomic E-state index is -3.53. The molecular formula is C14H21N5O4S. The van der Waals surface area contributed by atoms with E-state index in [2.05, 4.69) is 9.97 Å². The van der Waals surface area contributed by atoms with Gasteiger partial charge in [0.2, 0.25) is 5.95 Å². The van der Waals surface area contributed by atoms with Crippen molar-refractivity contribution in [3.05, 3.63) is 18.5 Å². The van der Waals surface area contributed by atoms with Gasteiger partial charge in [-0.3, -0.25) is 4.79 Å². The van der Waals surface area contributed by atoms with Crippen LogP contribution < -0.4 is 4.90 Å². The SMILES string of the molecule is O=C(O)C1CCN(S(=O)(=O)N2CCN(c3ncccn3)CC2)CC1. The second kappa shape index (κ2) is 6.99. The maximum Gasteiger partial charge on any atom is 0.306 e. The zero-order valence-corrected chi connectivity index (χ0v) is 14.1. The number of anilines is 1. The van der Waals surface area contributed by atoms with Crippen LogP contribution in [0, 0.1) is 5.92 Å². The fourth-order valence-electron chi connectivity index (χ4n) is 3.07. The molecule has 0 aliphatic carbocycles. The third kappa shape index (κ3) is 3.50. The van der Waals surface area contributed by atoms with Gasteiger partial charge < -0.3 is 10.0 Å². The fourth-order valence-corrected chi connectivity index (χ4v) is 4.69. The normalized spacial score (nSPS) is 21.8. The van der Waals surface area contributed by atoms with Crippen LogP contribution in [0.4, 0.5) is 5.95 Å². The molecule has 1 aromatic heterocycles. The molecule has 1 N–H and O–H groups in total. The summed E-state index contributed by atoms with van der Waals surface area (Å²) in [7, 11) is -3.53. The first kappa shape index (κ1) is 17.1. The Kier molecular flexibility index (Phi) is 4.97. The first-order chi connectivity index (χ1) is 11.5. The molecule has 0 radical (unpaired) electrons. The van der Waals surface area contributed by atoms with E-state index in [0.717, 1.165) is 0 Å². The third-order valence-electron chi connectivity index (χ3n) is 4.53. The predicted octanol–water partition coefficient (Wildman–Crippen LogP) is -0.360. The lowest BCUT2D eigenvalue weighted by Crippen LogP contribution is -2.54. The molecule has 2 fully saturated rings. The van der Waals surface area contributed by atoms with Crippen LogP contribution in [0.1, 0.15) is 12.8 Å². The lowest BCUT2D eigenvalue weighted by Gasteiger charge is -2.38. The second-order valence-corrected chi connectivity index (χ2v) is 7.88. The lowest BCUT2D eigenvalue weighted by atomic mass is 9.99. The van der Waals surface area contributed by atoms with Gasteiger partial charge in [0, 0.05) is 51.7 Å². The van der Waals surface area contributed by atoms with Crippen LogP contribution in [0.3, 0.4) is 0 Å². The lowest BCUT2D eigenvalue weighted by molar-refractivity contribution is -0.142. The van der Waals surface area contributed by atoms with Crippen molar-refractivity contribution >= 4 is 22.1 Å². The molecule has 3 heterocycles. The molecular weight excluding hydrogens is 334 g/mol. The Morgan fingerprint density at radius 2 is 1.54 bits per heavy atom. The van der Waals surface area contributed by atoms with E-state index >= 15 is 0 Å². The van der Waals surface area contributed by atoms with Gasteiger partial charge in [0.15, 0.2) is 0 Å². The van der Waals surface area contributed by atoms with Crippen molar-refractivity contribution in [3.63, 3.8) is 0 Å². The molecule has 24 heavy (non-hydrogen) atoms. The highest BCUT2D eigenvalue weighted by Gasteiger charge is 2.36. The van der Waals surface area contributed by atoms with Crippen LogP contribution in [0.2, 0.25) is 0 Å². The number of hydrogen-bond acceptors (Lipinski definition) is 6. The van der Waals surface area contributed by atoms with Crippen LogP contribution in [0.25, 0.3) is 0 Å². The van der Waals surface area contributed by atoms with Crippen LogP contribution in [-0.4, -0.2) is 77.3 Å². The van der Waals surface area contributed by atoms with Crippen LogP contribution in [0.15, 0.2) is 18.5 Å². The highest BCUT2D eigenvalue weighted by Crippen LogP contribution is 2.22. The quantitative estimate of drug-likeness (QED) is 0.786. The maximum absolute atomic E-state index is 12.7. The van der Waals surface area contributed by atoms with E-state index in [-0.39, 0.29) is 13.1 Å². The standard InChI is InChI=1S/C14H21N5O4S/c20-13(21)12-2-6-18(7-3-12)24(22,23)19-10-8-17(9-11-19)14-15-4-1-5-16-14/h1,4-5,12H,2-3,6-11H2,(H,20,21). The number of hydrogen-bond donors (Lipinski definition) is 1. The number of carboxylic acids is 1. The number of carbonyl (C=O) groups is 1. The predicted molar refractivity (Wildman–Crippen MR) is 86.7 cm³/mol. The minimum absolute atomic E-state index is 0.265. The summed E-state index contributed by atoms with van der Waals surface area (Å²) in [6, 6.07) is 1.74. The molecule has 0 aromatic carbocycles. The van der Waals surface area contributed by atoms with Crippen LogP contribution in [0.5, 0.6) is 0 Å². The summed E-state index contributed by atoms with van der Waals surface area (Å²) in [6.07, 6.45) is 4.06. The van der Waals surface area contributed by atoms with Gasteiger partial charge in [0.1, 0.15) is 0 Å². The van der Waals surface area contributed by atoms with Crippen molar-refractivity contribution in [1.29, 1.82) is 0 Å². The van der Waals surface area contributed by atoms with Crippen LogP contribution >= 0.6 is 0 Å². The molecule has 0 unspecified atom stereocenters. The second-order valence-electron chi connectivity index (χ2n) is 5.95. The van der Waals surface area contributed by atoms with Crippen molar-refractivity contribution < 1.29 is 18.3 Å². The Labute approximate surface area is 141 Å². The van der Waals surface area contributed by atoms with Crippen molar-refractivity contribution in [2.24, 2.45) is 5.92 Å². The van der Waals surface area contributed by atoms with E-state index < -0.39 is 22.1 Å². The molecule has 0 bridgehead atoms. The number of carboxylic acid groups (broad SMARTS) is 1. The Hall–Kier alpha value is -1.78. The highest BCUT2D eigenvalue weighted by atomic mass is 32.2. The molecule has 132 valence electrons. The molecule has 0 atom stereocenters. The first-order valence-corrected chi connectivity index (χ1v) is 9.38. The van der Waals surface area contributed by atoms with E-state index in [0.29, 0.717) is 45.0 Å². The van der Waals surface area contributed by atoms with Gasteiger partial charge in [-0.05, 0) is 18.9 Å². The van der Waals surface area contributed by atoms with Crippen molar-refractivity contribution in [3.8, 4) is 0 Å². The summed E-state index contributed by atoms with van der Waals surface area (Å²) in [4.78, 5) is 21.3. The van der Waals surface area contributed by atoms with Gasteiger partial charge >= 0.3 is 5.97 Å². The Morgan fingerprint density at radius 3 is 2.08 bits per heavy atom. The summed E-state index contributed by atoms with van der Waals surface area (Å²) in [5, 5.41) is 9.02. The molecule has 1 aromatic rings. The Morgan fingerprint density at radius 1 is 1.00 bits per heavy atom. The molecule has 10 heteroatoms. The smallest absolute Gasteiger partial charge is 0.306 e. The molecule has 0 spiro atoms. The zero-order valence-electron chi connectivity index (χ0n) is 13.3. The van der Waals surface area contributed by atoms with Gasteiger partial charge in [-0.1, -0.05) is 0 Å². The molecule has 3 rings (SSSR count). The average molecular weight is 355 g/mol. The fraction of sp³-hybridized carbons (Fsp3) is 0.643. The number of nitrogens with zero attached hydrogens (tertiary/aromatic N) is 5. The number of aliphatic carboxylic acids is 1. The van der Waals surface area contributed by atoms with Crippen molar-refractivity contribution in [2.45, 2.75) is 12.8 Å². The Balaban J connectivity index is 1.58. The summed E-state index contributed by atoms with van der Waals surface area (Å²) in [5.41, 5.74) is 0. The molecule has 0 amide bonds. The number of aromatic nitrogens is 2. The van der Waals surface area contributed by atoms with E-state index in [1.54, 1.807) is 18.5 Å². The van der Waals surface area contributed by atoms with E-state index in [9.17, 15) is 13.2 Å². The van der Waals surface area contributed by atoms with Gasteiger partial charge in [-0.25, -0.2) is 9.97 Å². The van der Waals surface area contributed by atoms with Gasteiger partial charge in [-0.2, -0.15) is 17.0 Å². The van der Waals surface area contributed by atoms with E-state index in [1.165, 1.54) is 8.61 Å². The average Bonchev–Trinajstić information content (AvgIpc) is 2.62. The number of piperazine rings is 1. The van der Waals surface area contributed by atoms with Crippen molar-refractivity contribution in [1.82, 2.24) is 18.6 Å². The summed E-state index contributed by atoms with van der Waals surface area (Å²) in [6.45, 7) is 2.35. The van der Waals surface area contributed by atoms with Gasteiger partial charge in [-0.15, -0.1) is 0 Å². The topological polar surface area (TPSA) is 107 Å². The van der Waals surface area contributed by atoms with E-state index in [4.69, 9.17) is 5.11 Å². The largest absolute Gasteiger partial charge is 0.481 e. The molecule has 2 aliphatic heterocycles. The minimum Gasteiger partial charge on any atom is -0.481 e. The summed E-state index contributed by atoms with van der Waals surface area (Å²) >= 11 is 0. The van der Waals surface area contributed by atoms with Crippen LogP contribution in [-0.2, 0) is 15.0 Å². The third-order valence-corrected chi connectivity index (χ3v) is 6.56. The van der Waals surface area contributed by atoms with E-state index in [1.807, 2.05) is 4.90 Å². The number of rotatable bonds is 4. The molecule has 0 saturated carbocycles. The number of piperidine rings is 1. The molecule has 2 saturated heterocycles. The summed E-state index contributed by atoms with van der Waals surface area (Å²) in [5.74, 6) is -0.677. The molecule has 2 aliphatic rings.